The molecule has 0 aromatic heterocycles. The second-order valence-corrected chi connectivity index (χ2v) is 5.21. The van der Waals surface area contributed by atoms with Crippen LogP contribution in [0.1, 0.15) is 15.9 Å². The van der Waals surface area contributed by atoms with Gasteiger partial charge in [-0.25, -0.2) is 0 Å². The molecule has 0 spiro atoms. The van der Waals surface area contributed by atoms with Gasteiger partial charge in [-0.15, -0.1) is 0 Å². The van der Waals surface area contributed by atoms with Gasteiger partial charge in [0.05, 0.1) is 12.7 Å². The molecule has 3 rings (SSSR count). The van der Waals surface area contributed by atoms with Crippen LogP contribution in [0.3, 0.4) is 0 Å². The van der Waals surface area contributed by atoms with Gasteiger partial charge < -0.3 is 15.4 Å². The first kappa shape index (κ1) is 13.6. The lowest BCUT2D eigenvalue weighted by Crippen LogP contribution is -2.46. The van der Waals surface area contributed by atoms with E-state index >= 15 is 0 Å². The van der Waals surface area contributed by atoms with Crippen molar-refractivity contribution in [3.63, 3.8) is 0 Å². The molecule has 4 nitrogen and oxygen atoms in total. The number of rotatable bonds is 2. The molecule has 108 valence electrons. The number of carbonyl (C=O) groups excluding carboxylic acids is 1. The monoisotopic (exact) mass is 282 g/mol. The third-order valence-electron chi connectivity index (χ3n) is 3.76. The molecule has 2 aromatic carbocycles. The molecule has 1 amide bonds. The lowest BCUT2D eigenvalue weighted by molar-refractivity contribution is 0.0980. The number of hydrogen-bond acceptors (Lipinski definition) is 3. The molecule has 2 aromatic rings. The Bertz CT molecular complexity index is 669. The SMILES string of the molecule is COc1ccccc1C(=O)N1CC(N)Cc2ccccc21. The van der Waals surface area contributed by atoms with E-state index in [1.807, 2.05) is 36.4 Å². The van der Waals surface area contributed by atoms with Gasteiger partial charge in [-0.1, -0.05) is 30.3 Å². The molecule has 0 saturated heterocycles. The van der Waals surface area contributed by atoms with Crippen LogP contribution in [-0.2, 0) is 6.42 Å². The lowest BCUT2D eigenvalue weighted by Gasteiger charge is -2.33. The Morgan fingerprint density at radius 3 is 2.71 bits per heavy atom. The summed E-state index contributed by atoms with van der Waals surface area (Å²) in [5, 5.41) is 0. The molecule has 0 aliphatic carbocycles. The van der Waals surface area contributed by atoms with Crippen LogP contribution in [0.4, 0.5) is 5.69 Å². The van der Waals surface area contributed by atoms with Gasteiger partial charge in [0.15, 0.2) is 0 Å². The summed E-state index contributed by atoms with van der Waals surface area (Å²) < 4.78 is 5.29. The zero-order chi connectivity index (χ0) is 14.8. The second-order valence-electron chi connectivity index (χ2n) is 5.21. The van der Waals surface area contributed by atoms with E-state index in [1.54, 1.807) is 24.1 Å². The summed E-state index contributed by atoms with van der Waals surface area (Å²) in [5.41, 5.74) is 8.71. The molecule has 0 bridgehead atoms. The van der Waals surface area contributed by atoms with Gasteiger partial charge >= 0.3 is 0 Å². The molecular weight excluding hydrogens is 264 g/mol. The summed E-state index contributed by atoms with van der Waals surface area (Å²) in [6, 6.07) is 15.1. The molecule has 1 unspecified atom stereocenters. The highest BCUT2D eigenvalue weighted by Gasteiger charge is 2.28. The van der Waals surface area contributed by atoms with Crippen molar-refractivity contribution in [3.05, 3.63) is 59.7 Å². The van der Waals surface area contributed by atoms with Crippen molar-refractivity contribution in [3.8, 4) is 5.75 Å². The standard InChI is InChI=1S/C17H18N2O2/c1-21-16-9-5-3-7-14(16)17(20)19-11-13(18)10-12-6-2-4-8-15(12)19/h2-9,13H,10-11,18H2,1H3. The topological polar surface area (TPSA) is 55.6 Å². The largest absolute Gasteiger partial charge is 0.496 e. The average molecular weight is 282 g/mol. The van der Waals surface area contributed by atoms with E-state index in [2.05, 4.69) is 0 Å². The Morgan fingerprint density at radius 1 is 1.19 bits per heavy atom. The summed E-state index contributed by atoms with van der Waals surface area (Å²) in [7, 11) is 1.57. The van der Waals surface area contributed by atoms with E-state index in [1.165, 1.54) is 0 Å². The summed E-state index contributed by atoms with van der Waals surface area (Å²) in [6.45, 7) is 0.522. The first-order valence-corrected chi connectivity index (χ1v) is 6.99. The quantitative estimate of drug-likeness (QED) is 0.919. The zero-order valence-electron chi connectivity index (χ0n) is 12.0. The van der Waals surface area contributed by atoms with Crippen LogP contribution in [0.5, 0.6) is 5.75 Å². The molecule has 0 saturated carbocycles. The van der Waals surface area contributed by atoms with Crippen molar-refractivity contribution in [1.29, 1.82) is 0 Å². The molecule has 1 heterocycles. The first-order chi connectivity index (χ1) is 10.2. The Morgan fingerprint density at radius 2 is 1.90 bits per heavy atom. The zero-order valence-corrected chi connectivity index (χ0v) is 12.0. The van der Waals surface area contributed by atoms with Crippen LogP contribution >= 0.6 is 0 Å². The molecule has 1 atom stereocenters. The summed E-state index contributed by atoms with van der Waals surface area (Å²) in [4.78, 5) is 14.6. The Balaban J connectivity index is 2.02. The van der Waals surface area contributed by atoms with E-state index in [0.29, 0.717) is 17.9 Å². The highest BCUT2D eigenvalue weighted by Crippen LogP contribution is 2.29. The van der Waals surface area contributed by atoms with Crippen LogP contribution < -0.4 is 15.4 Å². The summed E-state index contributed by atoms with van der Waals surface area (Å²) in [6.07, 6.45) is 0.797. The molecule has 4 heteroatoms. The smallest absolute Gasteiger partial charge is 0.262 e. The third-order valence-corrected chi connectivity index (χ3v) is 3.76. The van der Waals surface area contributed by atoms with Gasteiger partial charge in [0.25, 0.3) is 5.91 Å². The van der Waals surface area contributed by atoms with E-state index in [-0.39, 0.29) is 11.9 Å². The lowest BCUT2D eigenvalue weighted by atomic mass is 9.97. The number of nitrogens with two attached hydrogens (primary N) is 1. The van der Waals surface area contributed by atoms with Crippen molar-refractivity contribution in [2.24, 2.45) is 5.73 Å². The maximum atomic E-state index is 12.9. The van der Waals surface area contributed by atoms with Gasteiger partial charge in [-0.2, -0.15) is 0 Å². The van der Waals surface area contributed by atoms with Crippen molar-refractivity contribution < 1.29 is 9.53 Å². The predicted molar refractivity (Wildman–Crippen MR) is 82.8 cm³/mol. The van der Waals surface area contributed by atoms with Gasteiger partial charge in [0, 0.05) is 18.3 Å². The number of anilines is 1. The molecular formula is C17H18N2O2. The minimum Gasteiger partial charge on any atom is -0.496 e. The van der Waals surface area contributed by atoms with Crippen molar-refractivity contribution in [2.75, 3.05) is 18.6 Å². The molecule has 0 radical (unpaired) electrons. The fraction of sp³-hybridized carbons (Fsp3) is 0.235. The third kappa shape index (κ3) is 2.50. The maximum absolute atomic E-state index is 12.9. The maximum Gasteiger partial charge on any atom is 0.262 e. The van der Waals surface area contributed by atoms with Gasteiger partial charge in [-0.05, 0) is 30.2 Å². The minimum absolute atomic E-state index is 0.0430. The van der Waals surface area contributed by atoms with Crippen LogP contribution in [0.25, 0.3) is 0 Å². The molecule has 0 fully saturated rings. The van der Waals surface area contributed by atoms with Crippen LogP contribution in [0.2, 0.25) is 0 Å². The first-order valence-electron chi connectivity index (χ1n) is 6.99. The number of fused-ring (bicyclic) bond motifs is 1. The fourth-order valence-corrected chi connectivity index (χ4v) is 2.79. The van der Waals surface area contributed by atoms with E-state index < -0.39 is 0 Å². The minimum atomic E-state index is -0.0740. The van der Waals surface area contributed by atoms with Gasteiger partial charge in [0.1, 0.15) is 5.75 Å². The summed E-state index contributed by atoms with van der Waals surface area (Å²) in [5.74, 6) is 0.508. The Hall–Kier alpha value is -2.33. The number of ether oxygens (including phenoxy) is 1. The molecule has 1 aliphatic heterocycles. The Kier molecular flexibility index (Phi) is 3.62. The number of hydrogen-bond donors (Lipinski definition) is 1. The van der Waals surface area contributed by atoms with E-state index in [0.717, 1.165) is 17.7 Å². The van der Waals surface area contributed by atoms with Gasteiger partial charge in [0.2, 0.25) is 0 Å². The number of carbonyl (C=O) groups is 1. The number of benzene rings is 2. The van der Waals surface area contributed by atoms with Crippen LogP contribution in [0.15, 0.2) is 48.5 Å². The van der Waals surface area contributed by atoms with Crippen molar-refractivity contribution >= 4 is 11.6 Å². The number of amides is 1. The number of para-hydroxylation sites is 2. The average Bonchev–Trinajstić information content (AvgIpc) is 2.53. The van der Waals surface area contributed by atoms with Crippen molar-refractivity contribution in [2.45, 2.75) is 12.5 Å². The number of methoxy groups -OCH3 is 1. The highest BCUT2D eigenvalue weighted by atomic mass is 16.5. The van der Waals surface area contributed by atoms with E-state index in [9.17, 15) is 4.79 Å². The fourth-order valence-electron chi connectivity index (χ4n) is 2.79. The van der Waals surface area contributed by atoms with E-state index in [4.69, 9.17) is 10.5 Å². The van der Waals surface area contributed by atoms with Crippen LogP contribution in [0, 0.1) is 0 Å². The Labute approximate surface area is 124 Å². The normalized spacial score (nSPS) is 17.2. The second kappa shape index (κ2) is 5.58. The predicted octanol–water partition coefficient (Wildman–Crippen LogP) is 2.23. The molecule has 21 heavy (non-hydrogen) atoms. The molecule has 1 aliphatic rings. The highest BCUT2D eigenvalue weighted by molar-refractivity contribution is 6.08. The van der Waals surface area contributed by atoms with Crippen molar-refractivity contribution in [1.82, 2.24) is 0 Å². The van der Waals surface area contributed by atoms with Crippen LogP contribution in [-0.4, -0.2) is 25.6 Å². The summed E-state index contributed by atoms with van der Waals surface area (Å²) >= 11 is 0. The van der Waals surface area contributed by atoms with Gasteiger partial charge in [-0.3, -0.25) is 4.79 Å². The number of nitrogens with zero attached hydrogens (tertiary/aromatic N) is 1. The molecule has 2 N–H and O–H groups in total.